The topological polar surface area (TPSA) is 83.2 Å². The molecule has 0 aromatic carbocycles. The van der Waals surface area contributed by atoms with Crippen molar-refractivity contribution < 1.29 is 22.6 Å². The lowest BCUT2D eigenvalue weighted by molar-refractivity contribution is 0.227. The Labute approximate surface area is 159 Å². The van der Waals surface area contributed by atoms with Crippen LogP contribution >= 0.6 is 23.4 Å². The zero-order valence-electron chi connectivity index (χ0n) is 16.8. The van der Waals surface area contributed by atoms with Crippen LogP contribution in [0.5, 0.6) is 0 Å². The van der Waals surface area contributed by atoms with Crippen LogP contribution in [-0.4, -0.2) is 33.0 Å². The largest absolute Gasteiger partial charge is 0.547 e. The van der Waals surface area contributed by atoms with Crippen molar-refractivity contribution >= 4 is 23.4 Å². The molecule has 0 aromatic rings. The van der Waals surface area contributed by atoms with Gasteiger partial charge >= 0.3 is 23.4 Å². The van der Waals surface area contributed by atoms with E-state index < -0.39 is 23.4 Å². The molecule has 0 radical (unpaired) electrons. The van der Waals surface area contributed by atoms with Crippen LogP contribution in [0.4, 0.5) is 0 Å². The minimum absolute atomic E-state index is 0.517. The Balaban J connectivity index is 3.37. The molecule has 1 rings (SSSR count). The van der Waals surface area contributed by atoms with Crippen LogP contribution < -0.4 is 0 Å². The van der Waals surface area contributed by atoms with E-state index in [2.05, 4.69) is 16.0 Å². The fraction of sp³-hybridized carbons (Fsp3) is 1.00. The second kappa shape index (κ2) is 13.5. The molecule has 1 aliphatic heterocycles. The zero-order chi connectivity index (χ0) is 19.3. The van der Waals surface area contributed by atoms with Gasteiger partial charge in [0, 0.05) is 9.03 Å². The van der Waals surface area contributed by atoms with Gasteiger partial charge in [0.05, 0.1) is 26.4 Å². The molecule has 154 valence electrons. The van der Waals surface area contributed by atoms with Gasteiger partial charge in [0.15, 0.2) is 0 Å². The summed E-state index contributed by atoms with van der Waals surface area (Å²) in [6.07, 6.45) is 4.29. The second-order valence-electron chi connectivity index (χ2n) is 5.67. The molecule has 8 nitrogen and oxygen atoms in total. The fourth-order valence-corrected chi connectivity index (χ4v) is 10.1. The van der Waals surface area contributed by atoms with Crippen molar-refractivity contribution in [2.75, 3.05) is 33.0 Å². The van der Waals surface area contributed by atoms with Crippen LogP contribution in [0.15, 0.2) is 13.5 Å². The number of rotatable bonds is 15. The van der Waals surface area contributed by atoms with Gasteiger partial charge in [-0.2, -0.15) is 0 Å². The SMILES string of the molecule is CCCO[P+]1=NP(OCCC)(OCCC)=NP(OCCC)(OCCC)=N1. The molecule has 1 unspecified atom stereocenters. The first kappa shape index (κ1) is 24.4. The number of hydrogen-bond donors (Lipinski definition) is 0. The molecule has 0 saturated carbocycles. The second-order valence-corrected chi connectivity index (χ2v) is 11.6. The summed E-state index contributed by atoms with van der Waals surface area (Å²) in [7, 11) is -7.19. The van der Waals surface area contributed by atoms with Crippen LogP contribution in [0.25, 0.3) is 0 Å². The maximum absolute atomic E-state index is 6.05. The van der Waals surface area contributed by atoms with Crippen molar-refractivity contribution in [1.82, 2.24) is 0 Å². The summed E-state index contributed by atoms with van der Waals surface area (Å²) < 4.78 is 44.2. The molecule has 0 fully saturated rings. The molecular formula is C15H35N3O5P3+. The molecule has 1 heterocycles. The highest BCUT2D eigenvalue weighted by Crippen LogP contribution is 2.75. The van der Waals surface area contributed by atoms with Crippen LogP contribution in [-0.2, 0) is 22.6 Å². The van der Waals surface area contributed by atoms with E-state index >= 15 is 0 Å². The third-order valence-electron chi connectivity index (χ3n) is 2.87. The number of nitrogens with zero attached hydrogens (tertiary/aromatic N) is 3. The first-order valence-corrected chi connectivity index (χ1v) is 13.8. The Morgan fingerprint density at radius 2 is 1.04 bits per heavy atom. The number of hydrogen-bond acceptors (Lipinski definition) is 8. The lowest BCUT2D eigenvalue weighted by Crippen LogP contribution is -2.03. The van der Waals surface area contributed by atoms with Crippen molar-refractivity contribution in [3.05, 3.63) is 0 Å². The van der Waals surface area contributed by atoms with Crippen molar-refractivity contribution in [2.45, 2.75) is 66.7 Å². The monoisotopic (exact) mass is 430 g/mol. The van der Waals surface area contributed by atoms with Crippen LogP contribution in [0.1, 0.15) is 66.7 Å². The Morgan fingerprint density at radius 3 is 1.46 bits per heavy atom. The molecule has 26 heavy (non-hydrogen) atoms. The minimum Gasteiger partial charge on any atom is -0.304 e. The van der Waals surface area contributed by atoms with Gasteiger partial charge in [0.25, 0.3) is 0 Å². The van der Waals surface area contributed by atoms with Crippen molar-refractivity contribution in [2.24, 2.45) is 13.5 Å². The van der Waals surface area contributed by atoms with Crippen LogP contribution in [0, 0.1) is 0 Å². The first-order valence-electron chi connectivity index (χ1n) is 9.59. The average Bonchev–Trinajstić information content (AvgIpc) is 2.66. The van der Waals surface area contributed by atoms with E-state index in [1.165, 1.54) is 0 Å². The van der Waals surface area contributed by atoms with Crippen LogP contribution in [0.2, 0.25) is 0 Å². The predicted molar refractivity (Wildman–Crippen MR) is 109 cm³/mol. The van der Waals surface area contributed by atoms with Crippen molar-refractivity contribution in [3.8, 4) is 0 Å². The van der Waals surface area contributed by atoms with Crippen molar-refractivity contribution in [3.63, 3.8) is 0 Å². The first-order chi connectivity index (χ1) is 12.6. The normalized spacial score (nSPS) is 19.5. The molecule has 11 heteroatoms. The maximum atomic E-state index is 6.05. The van der Waals surface area contributed by atoms with Gasteiger partial charge in [-0.25, -0.2) is 0 Å². The Kier molecular flexibility index (Phi) is 12.7. The highest BCUT2D eigenvalue weighted by atomic mass is 31.3. The van der Waals surface area contributed by atoms with E-state index in [-0.39, 0.29) is 0 Å². The minimum atomic E-state index is -2.86. The molecule has 0 aromatic heterocycles. The van der Waals surface area contributed by atoms with Crippen molar-refractivity contribution in [1.29, 1.82) is 0 Å². The fourth-order valence-electron chi connectivity index (χ4n) is 1.74. The molecule has 0 saturated heterocycles. The summed E-state index contributed by atoms with van der Waals surface area (Å²) in [5.74, 6) is 0. The molecule has 1 atom stereocenters. The lowest BCUT2D eigenvalue weighted by Gasteiger charge is -2.24. The standard InChI is InChI=1S/C15H35N3O5P3/c1-6-11-19-24-16-25(20-12-7-2,21-13-8-3)18-26(17-24,22-14-9-4)23-15-10-5/h6-15H2,1-5H3/q+1. The predicted octanol–water partition coefficient (Wildman–Crippen LogP) is 7.52. The van der Waals surface area contributed by atoms with E-state index in [0.29, 0.717) is 33.0 Å². The molecule has 0 aliphatic carbocycles. The summed E-state index contributed by atoms with van der Waals surface area (Å²) in [6.45, 7) is 12.9. The Morgan fingerprint density at radius 1 is 0.615 bits per heavy atom. The van der Waals surface area contributed by atoms with Crippen LogP contribution in [0.3, 0.4) is 0 Å². The van der Waals surface area contributed by atoms with Gasteiger partial charge in [-0.05, 0) is 32.1 Å². The molecule has 0 spiro atoms. The van der Waals surface area contributed by atoms with E-state index in [0.717, 1.165) is 32.1 Å². The highest BCUT2D eigenvalue weighted by molar-refractivity contribution is 7.74. The van der Waals surface area contributed by atoms with E-state index in [9.17, 15) is 0 Å². The van der Waals surface area contributed by atoms with E-state index in [1.807, 2.05) is 27.7 Å². The zero-order valence-corrected chi connectivity index (χ0v) is 19.5. The Bertz CT molecular complexity index is 499. The highest BCUT2D eigenvalue weighted by Gasteiger charge is 2.43. The van der Waals surface area contributed by atoms with E-state index in [1.54, 1.807) is 0 Å². The lowest BCUT2D eigenvalue weighted by atomic mass is 10.5. The van der Waals surface area contributed by atoms with Gasteiger partial charge in [-0.1, -0.05) is 34.6 Å². The summed E-state index contributed by atoms with van der Waals surface area (Å²) >= 11 is 0. The summed E-state index contributed by atoms with van der Waals surface area (Å²) in [5, 5.41) is 0. The third kappa shape index (κ3) is 8.16. The summed E-state index contributed by atoms with van der Waals surface area (Å²) in [6, 6.07) is 0. The third-order valence-corrected chi connectivity index (χ3v) is 10.2. The molecule has 0 bridgehead atoms. The quantitative estimate of drug-likeness (QED) is 0.251. The molecule has 1 aliphatic rings. The summed E-state index contributed by atoms with van der Waals surface area (Å²) in [4.78, 5) is 0. The van der Waals surface area contributed by atoms with Gasteiger partial charge in [0.2, 0.25) is 0 Å². The summed E-state index contributed by atoms with van der Waals surface area (Å²) in [5.41, 5.74) is 0. The molecular weight excluding hydrogens is 395 g/mol. The smallest absolute Gasteiger partial charge is 0.304 e. The molecule has 0 amide bonds. The molecule has 0 N–H and O–H groups in total. The maximum Gasteiger partial charge on any atom is 0.547 e. The average molecular weight is 430 g/mol. The van der Waals surface area contributed by atoms with Gasteiger partial charge in [-0.3, -0.25) is 0 Å². The van der Waals surface area contributed by atoms with Gasteiger partial charge in [-0.15, -0.1) is 9.04 Å². The Hall–Kier alpha value is 0.360. The van der Waals surface area contributed by atoms with Gasteiger partial charge < -0.3 is 18.1 Å². The van der Waals surface area contributed by atoms with Gasteiger partial charge in [0.1, 0.15) is 6.61 Å². The van der Waals surface area contributed by atoms with E-state index in [4.69, 9.17) is 27.1 Å².